The van der Waals surface area contributed by atoms with Gasteiger partial charge in [-0.15, -0.1) is 0 Å². The van der Waals surface area contributed by atoms with E-state index in [4.69, 9.17) is 0 Å². The van der Waals surface area contributed by atoms with Crippen LogP contribution in [0.2, 0.25) is 0 Å². The second-order valence-electron chi connectivity index (χ2n) is 6.77. The average molecular weight is 372 g/mol. The van der Waals surface area contributed by atoms with Gasteiger partial charge in [-0.3, -0.25) is 9.59 Å². The largest absolute Gasteiger partial charge is 0.333 e. The first-order valence-corrected chi connectivity index (χ1v) is 8.82. The van der Waals surface area contributed by atoms with Gasteiger partial charge in [0.05, 0.1) is 30.8 Å². The van der Waals surface area contributed by atoms with Crippen LogP contribution in [0.25, 0.3) is 0 Å². The van der Waals surface area contributed by atoms with E-state index in [0.717, 1.165) is 24.4 Å². The Labute approximate surface area is 157 Å². The SMILES string of the molecule is CN(C)C(=O)NCc1ncn2c1CN(C(=O)c1cccc(=O)n1C)CCC2. The predicted octanol–water partition coefficient (Wildman–Crippen LogP) is 0.399. The average Bonchev–Trinajstić information content (AvgIpc) is 2.89. The maximum absolute atomic E-state index is 13.0. The number of amides is 3. The maximum atomic E-state index is 13.0. The van der Waals surface area contributed by atoms with Gasteiger partial charge < -0.3 is 24.3 Å². The lowest BCUT2D eigenvalue weighted by atomic mass is 10.2. The van der Waals surface area contributed by atoms with Crippen LogP contribution in [0.15, 0.2) is 29.3 Å². The number of imidazole rings is 1. The molecule has 2 aromatic heterocycles. The van der Waals surface area contributed by atoms with Crippen molar-refractivity contribution >= 4 is 11.9 Å². The molecule has 0 atom stereocenters. The van der Waals surface area contributed by atoms with E-state index < -0.39 is 0 Å². The molecule has 144 valence electrons. The third-order valence-electron chi connectivity index (χ3n) is 4.70. The Morgan fingerprint density at radius 3 is 2.78 bits per heavy atom. The molecule has 0 saturated heterocycles. The Balaban J connectivity index is 1.82. The van der Waals surface area contributed by atoms with Crippen molar-refractivity contribution in [1.29, 1.82) is 0 Å². The summed E-state index contributed by atoms with van der Waals surface area (Å²) >= 11 is 0. The van der Waals surface area contributed by atoms with Gasteiger partial charge in [-0.25, -0.2) is 9.78 Å². The molecule has 0 bridgehead atoms. The van der Waals surface area contributed by atoms with Crippen molar-refractivity contribution in [2.45, 2.75) is 26.1 Å². The van der Waals surface area contributed by atoms with Crippen LogP contribution in [-0.2, 0) is 26.7 Å². The van der Waals surface area contributed by atoms with Gasteiger partial charge in [-0.2, -0.15) is 0 Å². The topological polar surface area (TPSA) is 92.5 Å². The number of aromatic nitrogens is 3. The lowest BCUT2D eigenvalue weighted by molar-refractivity contribution is 0.0734. The molecule has 3 amide bonds. The highest BCUT2D eigenvalue weighted by Crippen LogP contribution is 2.18. The number of fused-ring (bicyclic) bond motifs is 1. The Morgan fingerprint density at radius 1 is 1.26 bits per heavy atom. The zero-order valence-electron chi connectivity index (χ0n) is 15.8. The number of hydrogen-bond donors (Lipinski definition) is 1. The van der Waals surface area contributed by atoms with Crippen molar-refractivity contribution in [2.24, 2.45) is 7.05 Å². The highest BCUT2D eigenvalue weighted by atomic mass is 16.2. The Morgan fingerprint density at radius 2 is 2.04 bits per heavy atom. The molecule has 0 aromatic carbocycles. The number of hydrogen-bond acceptors (Lipinski definition) is 4. The smallest absolute Gasteiger partial charge is 0.317 e. The number of carbonyl (C=O) groups excluding carboxylic acids is 2. The van der Waals surface area contributed by atoms with Crippen LogP contribution < -0.4 is 10.9 Å². The van der Waals surface area contributed by atoms with E-state index in [1.807, 2.05) is 4.57 Å². The fourth-order valence-corrected chi connectivity index (χ4v) is 3.10. The Bertz CT molecular complexity index is 914. The predicted molar refractivity (Wildman–Crippen MR) is 99.2 cm³/mol. The summed E-state index contributed by atoms with van der Waals surface area (Å²) in [6, 6.07) is 4.49. The van der Waals surface area contributed by atoms with E-state index in [0.29, 0.717) is 25.3 Å². The molecule has 9 heteroatoms. The van der Waals surface area contributed by atoms with E-state index in [-0.39, 0.29) is 17.5 Å². The zero-order valence-corrected chi connectivity index (χ0v) is 15.8. The van der Waals surface area contributed by atoms with Gasteiger partial charge in [0.1, 0.15) is 5.69 Å². The summed E-state index contributed by atoms with van der Waals surface area (Å²) in [6.07, 6.45) is 2.54. The van der Waals surface area contributed by atoms with Crippen molar-refractivity contribution < 1.29 is 9.59 Å². The monoisotopic (exact) mass is 372 g/mol. The van der Waals surface area contributed by atoms with Crippen LogP contribution in [0.5, 0.6) is 0 Å². The number of pyridine rings is 1. The summed E-state index contributed by atoms with van der Waals surface area (Å²) in [5.74, 6) is -0.187. The van der Waals surface area contributed by atoms with Gasteiger partial charge in [0.2, 0.25) is 0 Å². The van der Waals surface area contributed by atoms with Gasteiger partial charge >= 0.3 is 6.03 Å². The summed E-state index contributed by atoms with van der Waals surface area (Å²) in [5.41, 5.74) is 1.79. The zero-order chi connectivity index (χ0) is 19.6. The van der Waals surface area contributed by atoms with Crippen LogP contribution in [0, 0.1) is 0 Å². The molecule has 1 aliphatic heterocycles. The summed E-state index contributed by atoms with van der Waals surface area (Å²) < 4.78 is 3.39. The van der Waals surface area contributed by atoms with Crippen molar-refractivity contribution in [1.82, 2.24) is 29.2 Å². The van der Waals surface area contributed by atoms with Crippen molar-refractivity contribution in [3.8, 4) is 0 Å². The number of nitrogens with one attached hydrogen (secondary N) is 1. The first-order chi connectivity index (χ1) is 12.9. The van der Waals surface area contributed by atoms with E-state index in [2.05, 4.69) is 10.3 Å². The second-order valence-corrected chi connectivity index (χ2v) is 6.77. The summed E-state index contributed by atoms with van der Waals surface area (Å²) in [4.78, 5) is 44.2. The van der Waals surface area contributed by atoms with E-state index >= 15 is 0 Å². The molecule has 0 unspecified atom stereocenters. The minimum absolute atomic E-state index is 0.187. The molecule has 0 aliphatic carbocycles. The molecular weight excluding hydrogens is 348 g/mol. The summed E-state index contributed by atoms with van der Waals surface area (Å²) in [5, 5.41) is 2.81. The fraction of sp³-hybridized carbons (Fsp3) is 0.444. The number of aryl methyl sites for hydroxylation is 1. The normalized spacial score (nSPS) is 13.7. The lowest BCUT2D eigenvalue weighted by Crippen LogP contribution is -2.36. The van der Waals surface area contributed by atoms with Gasteiger partial charge in [0, 0.05) is 40.3 Å². The third-order valence-corrected chi connectivity index (χ3v) is 4.70. The molecule has 0 spiro atoms. The van der Waals surface area contributed by atoms with Crippen LogP contribution in [0.3, 0.4) is 0 Å². The van der Waals surface area contributed by atoms with Gasteiger partial charge in [0.15, 0.2) is 0 Å². The molecule has 0 saturated carbocycles. The third kappa shape index (κ3) is 3.86. The minimum Gasteiger partial charge on any atom is -0.333 e. The fourth-order valence-electron chi connectivity index (χ4n) is 3.10. The second kappa shape index (κ2) is 7.65. The molecule has 2 aromatic rings. The van der Waals surface area contributed by atoms with E-state index in [1.165, 1.54) is 15.5 Å². The minimum atomic E-state index is -0.215. The van der Waals surface area contributed by atoms with Gasteiger partial charge in [-0.05, 0) is 12.5 Å². The lowest BCUT2D eigenvalue weighted by Gasteiger charge is -2.22. The van der Waals surface area contributed by atoms with E-state index in [1.54, 1.807) is 44.5 Å². The van der Waals surface area contributed by atoms with Crippen LogP contribution in [0.4, 0.5) is 4.79 Å². The maximum Gasteiger partial charge on any atom is 0.317 e. The molecule has 0 radical (unpaired) electrons. The Hall–Kier alpha value is -3.10. The summed E-state index contributed by atoms with van der Waals surface area (Å²) in [6.45, 7) is 2.02. The van der Waals surface area contributed by atoms with Crippen LogP contribution in [-0.4, -0.2) is 56.5 Å². The van der Waals surface area contributed by atoms with Crippen molar-refractivity contribution in [3.63, 3.8) is 0 Å². The van der Waals surface area contributed by atoms with Crippen LogP contribution in [0.1, 0.15) is 28.3 Å². The number of carbonyl (C=O) groups is 2. The number of nitrogens with zero attached hydrogens (tertiary/aromatic N) is 5. The van der Waals surface area contributed by atoms with Crippen molar-refractivity contribution in [3.05, 3.63) is 52.0 Å². The highest BCUT2D eigenvalue weighted by Gasteiger charge is 2.24. The molecule has 9 nitrogen and oxygen atoms in total. The molecule has 27 heavy (non-hydrogen) atoms. The van der Waals surface area contributed by atoms with Crippen molar-refractivity contribution in [2.75, 3.05) is 20.6 Å². The molecule has 1 N–H and O–H groups in total. The molecule has 0 fully saturated rings. The standard InChI is InChI=1S/C18H24N6O3/c1-21(2)18(27)19-10-13-15-11-23(8-5-9-24(15)12-20-13)17(26)14-6-4-7-16(25)22(14)3/h4,6-7,12H,5,8-11H2,1-3H3,(H,19,27). The number of rotatable bonds is 3. The molecular formula is C18H24N6O3. The molecule has 3 rings (SSSR count). The first-order valence-electron chi connectivity index (χ1n) is 8.82. The van der Waals surface area contributed by atoms with E-state index in [9.17, 15) is 14.4 Å². The first kappa shape index (κ1) is 18.7. The van der Waals surface area contributed by atoms with Gasteiger partial charge in [0.25, 0.3) is 11.5 Å². The quantitative estimate of drug-likeness (QED) is 0.844. The summed E-state index contributed by atoms with van der Waals surface area (Å²) in [7, 11) is 4.95. The van der Waals surface area contributed by atoms with Gasteiger partial charge in [-0.1, -0.05) is 6.07 Å². The van der Waals surface area contributed by atoms with Crippen LogP contribution >= 0.6 is 0 Å². The highest BCUT2D eigenvalue weighted by molar-refractivity contribution is 5.92. The molecule has 3 heterocycles. The molecule has 1 aliphatic rings. The Kier molecular flexibility index (Phi) is 5.29. The number of urea groups is 1.